The highest BCUT2D eigenvalue weighted by atomic mass is 16.3. The van der Waals surface area contributed by atoms with E-state index in [1.807, 2.05) is 60.7 Å². The molecule has 1 aliphatic carbocycles. The molecule has 132 valence electrons. The van der Waals surface area contributed by atoms with Gasteiger partial charge in [0.05, 0.1) is 6.10 Å². The number of amides is 1. The number of benzene rings is 2. The molecular weight excluding hydrogens is 314 g/mol. The summed E-state index contributed by atoms with van der Waals surface area (Å²) < 4.78 is 0. The number of hydrogen-bond acceptors (Lipinski definition) is 3. The predicted molar refractivity (Wildman–Crippen MR) is 97.1 cm³/mol. The number of aliphatic hydroxyl groups is 2. The van der Waals surface area contributed by atoms with Gasteiger partial charge in [-0.1, -0.05) is 60.7 Å². The van der Waals surface area contributed by atoms with Crippen LogP contribution in [0.5, 0.6) is 0 Å². The molecule has 0 aliphatic heterocycles. The van der Waals surface area contributed by atoms with Crippen LogP contribution in [0.15, 0.2) is 60.7 Å². The molecule has 1 amide bonds. The van der Waals surface area contributed by atoms with Crippen LogP contribution in [-0.4, -0.2) is 34.9 Å². The van der Waals surface area contributed by atoms with Crippen LogP contribution in [-0.2, 0) is 4.79 Å². The summed E-state index contributed by atoms with van der Waals surface area (Å²) in [6.45, 7) is -0.0375. The van der Waals surface area contributed by atoms with E-state index in [0.717, 1.165) is 11.1 Å². The van der Waals surface area contributed by atoms with E-state index in [2.05, 4.69) is 5.32 Å². The molecular formula is C21H25NO3. The summed E-state index contributed by atoms with van der Waals surface area (Å²) in [6, 6.07) is 20.0. The maximum atomic E-state index is 12.6. The largest absolute Gasteiger partial charge is 0.396 e. The zero-order valence-electron chi connectivity index (χ0n) is 14.2. The molecule has 2 aromatic carbocycles. The Morgan fingerprint density at radius 1 is 1.00 bits per heavy atom. The summed E-state index contributed by atoms with van der Waals surface area (Å²) in [5.41, 5.74) is 2.23. The van der Waals surface area contributed by atoms with Crippen molar-refractivity contribution in [3.8, 4) is 0 Å². The van der Waals surface area contributed by atoms with Crippen molar-refractivity contribution in [2.24, 2.45) is 5.92 Å². The number of carbonyl (C=O) groups is 1. The molecule has 4 nitrogen and oxygen atoms in total. The summed E-state index contributed by atoms with van der Waals surface area (Å²) in [7, 11) is 0. The zero-order chi connectivity index (χ0) is 17.6. The van der Waals surface area contributed by atoms with Crippen molar-refractivity contribution in [3.63, 3.8) is 0 Å². The van der Waals surface area contributed by atoms with Gasteiger partial charge in [0.1, 0.15) is 0 Å². The molecule has 25 heavy (non-hydrogen) atoms. The quantitative estimate of drug-likeness (QED) is 0.757. The number of aliphatic hydroxyl groups excluding tert-OH is 2. The highest BCUT2D eigenvalue weighted by molar-refractivity contribution is 5.78. The van der Waals surface area contributed by atoms with Gasteiger partial charge in [0.25, 0.3) is 0 Å². The van der Waals surface area contributed by atoms with Gasteiger partial charge in [-0.2, -0.15) is 0 Å². The number of rotatable bonds is 6. The monoisotopic (exact) mass is 339 g/mol. The van der Waals surface area contributed by atoms with Crippen LogP contribution in [0.4, 0.5) is 0 Å². The summed E-state index contributed by atoms with van der Waals surface area (Å²) in [4.78, 5) is 12.6. The number of nitrogens with one attached hydrogen (secondary N) is 1. The summed E-state index contributed by atoms with van der Waals surface area (Å²) in [5, 5.41) is 22.2. The van der Waals surface area contributed by atoms with Crippen LogP contribution in [0, 0.1) is 5.92 Å². The molecule has 2 aromatic rings. The molecule has 3 rings (SSSR count). The van der Waals surface area contributed by atoms with Crippen molar-refractivity contribution in [1.29, 1.82) is 0 Å². The van der Waals surface area contributed by atoms with Crippen LogP contribution in [0.3, 0.4) is 0 Å². The maximum Gasteiger partial charge on any atom is 0.221 e. The van der Waals surface area contributed by atoms with E-state index in [9.17, 15) is 15.0 Å². The minimum absolute atomic E-state index is 0.00219. The highest BCUT2D eigenvalue weighted by Crippen LogP contribution is 2.29. The SMILES string of the molecule is O=C(CC(c1ccccc1)c1ccccc1)N[C@H]1C[C@@H](CO)[C@@H](O)C1. The van der Waals surface area contributed by atoms with Crippen molar-refractivity contribution in [2.45, 2.75) is 37.3 Å². The van der Waals surface area contributed by atoms with Crippen molar-refractivity contribution in [1.82, 2.24) is 5.32 Å². The van der Waals surface area contributed by atoms with Gasteiger partial charge < -0.3 is 15.5 Å². The fourth-order valence-corrected chi connectivity index (χ4v) is 3.69. The minimum Gasteiger partial charge on any atom is -0.396 e. The van der Waals surface area contributed by atoms with Gasteiger partial charge in [0.2, 0.25) is 5.91 Å². The summed E-state index contributed by atoms with van der Waals surface area (Å²) in [6.07, 6.45) is 0.974. The lowest BCUT2D eigenvalue weighted by Crippen LogP contribution is -2.34. The molecule has 0 unspecified atom stereocenters. The molecule has 0 heterocycles. The first-order valence-electron chi connectivity index (χ1n) is 8.85. The fraction of sp³-hybridized carbons (Fsp3) is 0.381. The molecule has 4 heteroatoms. The Bertz CT molecular complexity index is 635. The van der Waals surface area contributed by atoms with E-state index in [1.54, 1.807) is 0 Å². The third-order valence-corrected chi connectivity index (χ3v) is 5.05. The Hall–Kier alpha value is -2.17. The van der Waals surface area contributed by atoms with E-state index in [0.29, 0.717) is 19.3 Å². The number of hydrogen-bond donors (Lipinski definition) is 3. The van der Waals surface area contributed by atoms with Gasteiger partial charge in [0, 0.05) is 30.9 Å². The Morgan fingerprint density at radius 3 is 2.04 bits per heavy atom. The Balaban J connectivity index is 1.69. The second-order valence-electron chi connectivity index (χ2n) is 6.82. The maximum absolute atomic E-state index is 12.6. The Labute approximate surface area is 148 Å². The molecule has 0 aromatic heterocycles. The molecule has 1 saturated carbocycles. The van der Waals surface area contributed by atoms with Gasteiger partial charge in [-0.05, 0) is 24.0 Å². The van der Waals surface area contributed by atoms with E-state index < -0.39 is 6.10 Å². The van der Waals surface area contributed by atoms with Crippen LogP contribution >= 0.6 is 0 Å². The Kier molecular flexibility index (Phi) is 5.84. The smallest absolute Gasteiger partial charge is 0.221 e. The molecule has 0 bridgehead atoms. The first kappa shape index (κ1) is 17.6. The molecule has 0 spiro atoms. The highest BCUT2D eigenvalue weighted by Gasteiger charge is 2.33. The minimum atomic E-state index is -0.533. The predicted octanol–water partition coefficient (Wildman–Crippen LogP) is 2.46. The van der Waals surface area contributed by atoms with Gasteiger partial charge >= 0.3 is 0 Å². The second kappa shape index (κ2) is 8.28. The molecule has 1 aliphatic rings. The number of carbonyl (C=O) groups excluding carboxylic acids is 1. The van der Waals surface area contributed by atoms with Gasteiger partial charge in [-0.15, -0.1) is 0 Å². The zero-order valence-corrected chi connectivity index (χ0v) is 14.2. The first-order chi connectivity index (χ1) is 12.2. The summed E-state index contributed by atoms with van der Waals surface area (Å²) in [5.74, 6) is -0.153. The van der Waals surface area contributed by atoms with Crippen LogP contribution in [0.25, 0.3) is 0 Å². The molecule has 1 fully saturated rings. The third kappa shape index (κ3) is 4.47. The topological polar surface area (TPSA) is 69.6 Å². The van der Waals surface area contributed by atoms with Gasteiger partial charge in [0.15, 0.2) is 0 Å². The van der Waals surface area contributed by atoms with E-state index in [4.69, 9.17) is 0 Å². The lowest BCUT2D eigenvalue weighted by Gasteiger charge is -2.19. The second-order valence-corrected chi connectivity index (χ2v) is 6.82. The lowest BCUT2D eigenvalue weighted by atomic mass is 9.88. The fourth-order valence-electron chi connectivity index (χ4n) is 3.69. The molecule has 0 saturated heterocycles. The van der Waals surface area contributed by atoms with Crippen LogP contribution in [0.2, 0.25) is 0 Å². The standard InChI is InChI=1S/C21H25NO3/c23-14-17-11-18(12-20(17)24)22-21(25)13-19(15-7-3-1-4-8-15)16-9-5-2-6-10-16/h1-10,17-20,23-24H,11-14H2,(H,22,25)/t17-,18-,20-/m0/s1. The molecule has 3 N–H and O–H groups in total. The third-order valence-electron chi connectivity index (χ3n) is 5.05. The average molecular weight is 339 g/mol. The Morgan fingerprint density at radius 2 is 1.56 bits per heavy atom. The van der Waals surface area contributed by atoms with Crippen molar-refractivity contribution in [2.75, 3.05) is 6.61 Å². The van der Waals surface area contributed by atoms with Crippen LogP contribution in [0.1, 0.15) is 36.3 Å². The molecule has 0 radical (unpaired) electrons. The van der Waals surface area contributed by atoms with Crippen molar-refractivity contribution in [3.05, 3.63) is 71.8 Å². The van der Waals surface area contributed by atoms with E-state index in [-0.39, 0.29) is 30.4 Å². The van der Waals surface area contributed by atoms with Crippen molar-refractivity contribution >= 4 is 5.91 Å². The van der Waals surface area contributed by atoms with E-state index >= 15 is 0 Å². The van der Waals surface area contributed by atoms with Crippen LogP contribution < -0.4 is 5.32 Å². The average Bonchev–Trinajstić information content (AvgIpc) is 3.00. The normalized spacial score (nSPS) is 22.9. The van der Waals surface area contributed by atoms with Gasteiger partial charge in [-0.25, -0.2) is 0 Å². The molecule has 3 atom stereocenters. The van der Waals surface area contributed by atoms with E-state index in [1.165, 1.54) is 0 Å². The van der Waals surface area contributed by atoms with Gasteiger partial charge in [-0.3, -0.25) is 4.79 Å². The summed E-state index contributed by atoms with van der Waals surface area (Å²) >= 11 is 0. The lowest BCUT2D eigenvalue weighted by molar-refractivity contribution is -0.122. The van der Waals surface area contributed by atoms with Crippen molar-refractivity contribution < 1.29 is 15.0 Å². The first-order valence-corrected chi connectivity index (χ1v) is 8.85.